The number of esters is 2. The van der Waals surface area contributed by atoms with Crippen LogP contribution in [0.5, 0.6) is 17.2 Å². The fraction of sp³-hybridized carbons (Fsp3) is 0.400. The molecular formula is C25H30N2O7S. The molecule has 1 atom stereocenters. The zero-order valence-electron chi connectivity index (χ0n) is 20.5. The maximum Gasteiger partial charge on any atom is 0.349 e. The lowest BCUT2D eigenvalue weighted by Crippen LogP contribution is -2.29. The summed E-state index contributed by atoms with van der Waals surface area (Å²) in [6, 6.07) is 6.86. The quantitative estimate of drug-likeness (QED) is 0.303. The number of carbonyl (C=O) groups excluding carboxylic acids is 2. The van der Waals surface area contributed by atoms with E-state index < -0.39 is 34.8 Å². The predicted octanol–water partition coefficient (Wildman–Crippen LogP) is 4.41. The van der Waals surface area contributed by atoms with Gasteiger partial charge in [0.15, 0.2) is 18.1 Å². The highest BCUT2D eigenvalue weighted by Gasteiger charge is 2.30. The zero-order valence-corrected chi connectivity index (χ0v) is 21.3. The van der Waals surface area contributed by atoms with Gasteiger partial charge in [-0.3, -0.25) is 4.79 Å². The average molecular weight is 503 g/mol. The third kappa shape index (κ3) is 5.82. The fourth-order valence-electron chi connectivity index (χ4n) is 3.58. The third-order valence-electron chi connectivity index (χ3n) is 5.52. The molecule has 0 bridgehead atoms. The molecular weight excluding hydrogens is 472 g/mol. The summed E-state index contributed by atoms with van der Waals surface area (Å²) in [6.07, 6.45) is 5.53. The summed E-state index contributed by atoms with van der Waals surface area (Å²) in [5, 5.41) is 1.25. The monoisotopic (exact) mass is 502 g/mol. The predicted molar refractivity (Wildman–Crippen MR) is 130 cm³/mol. The molecule has 0 saturated carbocycles. The molecule has 3 rings (SSSR count). The molecule has 0 aliphatic carbocycles. The molecule has 0 spiro atoms. The van der Waals surface area contributed by atoms with Gasteiger partial charge in [-0.15, -0.1) is 0 Å². The van der Waals surface area contributed by atoms with Crippen molar-refractivity contribution in [2.75, 3.05) is 20.8 Å². The van der Waals surface area contributed by atoms with Crippen LogP contribution >= 0.6 is 0 Å². The lowest BCUT2D eigenvalue weighted by molar-refractivity contribution is -0.161. The van der Waals surface area contributed by atoms with E-state index in [0.717, 1.165) is 12.8 Å². The molecule has 1 unspecified atom stereocenters. The Bertz CT molecular complexity index is 1220. The Labute approximate surface area is 206 Å². The van der Waals surface area contributed by atoms with Gasteiger partial charge in [0.05, 0.1) is 24.5 Å². The van der Waals surface area contributed by atoms with Gasteiger partial charge in [0.25, 0.3) is 0 Å². The molecule has 0 radical (unpaired) electrons. The van der Waals surface area contributed by atoms with Crippen molar-refractivity contribution in [2.45, 2.75) is 50.1 Å². The van der Waals surface area contributed by atoms with Crippen LogP contribution < -0.4 is 14.2 Å². The SMILES string of the molecule is CCCCC(C)(C)C(=O)OCC(=O)Oc1c(OC)c(OC)cc2cccc(S(=O)c3ncc[nH]3)c12. The Hall–Kier alpha value is -3.40. The van der Waals surface area contributed by atoms with Crippen LogP contribution in [0.1, 0.15) is 40.0 Å². The van der Waals surface area contributed by atoms with Gasteiger partial charge in [0, 0.05) is 17.8 Å². The summed E-state index contributed by atoms with van der Waals surface area (Å²) in [5.41, 5.74) is -0.718. The second-order valence-electron chi connectivity index (χ2n) is 8.50. The lowest BCUT2D eigenvalue weighted by Gasteiger charge is -2.22. The van der Waals surface area contributed by atoms with Gasteiger partial charge in [-0.1, -0.05) is 31.9 Å². The highest BCUT2D eigenvalue weighted by molar-refractivity contribution is 7.85. The average Bonchev–Trinajstić information content (AvgIpc) is 3.39. The Morgan fingerprint density at radius 3 is 2.54 bits per heavy atom. The Morgan fingerprint density at radius 2 is 1.91 bits per heavy atom. The minimum atomic E-state index is -1.70. The molecule has 10 heteroatoms. The fourth-order valence-corrected chi connectivity index (χ4v) is 4.72. The van der Waals surface area contributed by atoms with Gasteiger partial charge in [-0.25, -0.2) is 14.0 Å². The largest absolute Gasteiger partial charge is 0.493 e. The molecule has 1 heterocycles. The molecule has 1 N–H and O–H groups in total. The van der Waals surface area contributed by atoms with Crippen LogP contribution in [-0.4, -0.2) is 46.9 Å². The van der Waals surface area contributed by atoms with Crippen LogP contribution in [-0.2, 0) is 25.1 Å². The minimum Gasteiger partial charge on any atom is -0.493 e. The molecule has 35 heavy (non-hydrogen) atoms. The van der Waals surface area contributed by atoms with Crippen molar-refractivity contribution in [3.8, 4) is 17.2 Å². The first-order valence-electron chi connectivity index (χ1n) is 11.2. The first kappa shape index (κ1) is 26.2. The number of hydrogen-bond donors (Lipinski definition) is 1. The van der Waals surface area contributed by atoms with E-state index in [9.17, 15) is 13.8 Å². The van der Waals surface area contributed by atoms with E-state index in [-0.39, 0.29) is 16.7 Å². The third-order valence-corrected chi connectivity index (χ3v) is 6.83. The van der Waals surface area contributed by atoms with Crippen molar-refractivity contribution in [3.63, 3.8) is 0 Å². The molecule has 0 saturated heterocycles. The second kappa shape index (κ2) is 11.4. The molecule has 0 aliphatic rings. The highest BCUT2D eigenvalue weighted by atomic mass is 32.2. The van der Waals surface area contributed by atoms with E-state index in [1.165, 1.54) is 20.4 Å². The number of H-pyrrole nitrogens is 1. The highest BCUT2D eigenvalue weighted by Crippen LogP contribution is 2.46. The molecule has 3 aromatic rings. The summed E-state index contributed by atoms with van der Waals surface area (Å²) in [5.74, 6) is -0.807. The number of rotatable bonds is 11. The van der Waals surface area contributed by atoms with Crippen molar-refractivity contribution in [1.82, 2.24) is 9.97 Å². The number of aromatic nitrogens is 2. The number of unbranched alkanes of at least 4 members (excludes halogenated alkanes) is 1. The van der Waals surface area contributed by atoms with Gasteiger partial charge in [-0.05, 0) is 37.8 Å². The van der Waals surface area contributed by atoms with Crippen molar-refractivity contribution in [1.29, 1.82) is 0 Å². The lowest BCUT2D eigenvalue weighted by atomic mass is 9.87. The number of benzene rings is 2. The number of methoxy groups -OCH3 is 2. The first-order valence-corrected chi connectivity index (χ1v) is 12.3. The molecule has 9 nitrogen and oxygen atoms in total. The van der Waals surface area contributed by atoms with E-state index in [2.05, 4.69) is 9.97 Å². The van der Waals surface area contributed by atoms with Crippen LogP contribution in [0.25, 0.3) is 10.8 Å². The molecule has 188 valence electrons. The summed E-state index contributed by atoms with van der Waals surface area (Å²) in [6.45, 7) is 5.02. The number of nitrogens with one attached hydrogen (secondary N) is 1. The number of nitrogens with zero attached hydrogens (tertiary/aromatic N) is 1. The minimum absolute atomic E-state index is 0.0173. The van der Waals surface area contributed by atoms with E-state index >= 15 is 0 Å². The van der Waals surface area contributed by atoms with Crippen molar-refractivity contribution >= 4 is 33.5 Å². The molecule has 0 fully saturated rings. The Balaban J connectivity index is 1.97. The second-order valence-corrected chi connectivity index (χ2v) is 9.86. The van der Waals surface area contributed by atoms with E-state index in [0.29, 0.717) is 27.8 Å². The standard InChI is InChI=1S/C25H30N2O7S/c1-6-7-11-25(2,3)23(29)33-15-19(28)34-22-20-16(14-17(31-4)21(22)32-5)9-8-10-18(20)35(30)24-26-12-13-27-24/h8-10,12-14H,6-7,11,15H2,1-5H3,(H,26,27). The summed E-state index contributed by atoms with van der Waals surface area (Å²) in [7, 11) is 1.16. The molecule has 2 aromatic carbocycles. The number of aromatic amines is 1. The zero-order chi connectivity index (χ0) is 25.6. The van der Waals surface area contributed by atoms with E-state index in [1.807, 2.05) is 6.92 Å². The van der Waals surface area contributed by atoms with Gasteiger partial charge in [-0.2, -0.15) is 0 Å². The normalized spacial score (nSPS) is 12.3. The topological polar surface area (TPSA) is 117 Å². The van der Waals surface area contributed by atoms with Crippen LogP contribution in [0, 0.1) is 5.41 Å². The van der Waals surface area contributed by atoms with Crippen molar-refractivity contribution < 1.29 is 32.7 Å². The molecule has 1 aromatic heterocycles. The van der Waals surface area contributed by atoms with Gasteiger partial charge >= 0.3 is 11.9 Å². The maximum atomic E-state index is 13.3. The Morgan fingerprint density at radius 1 is 1.14 bits per heavy atom. The number of hydrogen-bond acceptors (Lipinski definition) is 8. The summed E-state index contributed by atoms with van der Waals surface area (Å²) >= 11 is 0. The van der Waals surface area contributed by atoms with Crippen molar-refractivity contribution in [2.24, 2.45) is 5.41 Å². The van der Waals surface area contributed by atoms with Gasteiger partial charge < -0.3 is 23.9 Å². The van der Waals surface area contributed by atoms with Crippen LogP contribution in [0.4, 0.5) is 0 Å². The summed E-state index contributed by atoms with van der Waals surface area (Å²) in [4.78, 5) is 32.6. The van der Waals surface area contributed by atoms with Crippen LogP contribution in [0.15, 0.2) is 46.7 Å². The van der Waals surface area contributed by atoms with Crippen LogP contribution in [0.2, 0.25) is 0 Å². The number of ether oxygens (including phenoxy) is 4. The number of fused-ring (bicyclic) bond motifs is 1. The maximum absolute atomic E-state index is 13.3. The molecule has 0 aliphatic heterocycles. The van der Waals surface area contributed by atoms with Crippen molar-refractivity contribution in [3.05, 3.63) is 36.7 Å². The van der Waals surface area contributed by atoms with E-state index in [4.69, 9.17) is 18.9 Å². The summed E-state index contributed by atoms with van der Waals surface area (Å²) < 4.78 is 35.1. The van der Waals surface area contributed by atoms with Gasteiger partial charge in [0.2, 0.25) is 10.9 Å². The first-order chi connectivity index (χ1) is 16.7. The number of imidazole rings is 1. The van der Waals surface area contributed by atoms with E-state index in [1.54, 1.807) is 44.3 Å². The smallest absolute Gasteiger partial charge is 0.349 e. The molecule has 0 amide bonds. The van der Waals surface area contributed by atoms with Crippen LogP contribution in [0.3, 0.4) is 0 Å². The number of carbonyl (C=O) groups is 2. The van der Waals surface area contributed by atoms with Gasteiger partial charge in [0.1, 0.15) is 10.8 Å². The Kier molecular flexibility index (Phi) is 8.50.